The lowest BCUT2D eigenvalue weighted by atomic mass is 9.95. The van der Waals surface area contributed by atoms with Crippen LogP contribution in [0.5, 0.6) is 0 Å². The van der Waals surface area contributed by atoms with Crippen LogP contribution in [-0.2, 0) is 30.4 Å². The van der Waals surface area contributed by atoms with Crippen LogP contribution in [0, 0.1) is 11.6 Å². The molecule has 140 valence electrons. The molecule has 0 aliphatic heterocycles. The van der Waals surface area contributed by atoms with Gasteiger partial charge in [-0.05, 0) is 47.7 Å². The van der Waals surface area contributed by atoms with Gasteiger partial charge in [0.15, 0.2) is 11.5 Å². The van der Waals surface area contributed by atoms with Crippen LogP contribution < -0.4 is 5.32 Å². The van der Waals surface area contributed by atoms with Gasteiger partial charge in [-0.2, -0.15) is 18.3 Å². The molecule has 0 spiro atoms. The van der Waals surface area contributed by atoms with Gasteiger partial charge in [-0.25, -0.2) is 8.78 Å². The summed E-state index contributed by atoms with van der Waals surface area (Å²) in [5.74, 6) is -2.59. The standard InChI is InChI=1S/C16H13BrF5N3O/c17-10-5-8(18)6-11(19)14(10)23-13(26)7-25-12-4-2-1-3-9(12)15(24-25)16(20,21)22/h5-6H,1-4,7H2,(H,23,26). The van der Waals surface area contributed by atoms with E-state index >= 15 is 0 Å². The molecule has 26 heavy (non-hydrogen) atoms. The minimum atomic E-state index is -4.60. The van der Waals surface area contributed by atoms with Crippen LogP contribution >= 0.6 is 15.9 Å². The molecule has 1 aromatic carbocycles. The molecule has 3 rings (SSSR count). The third kappa shape index (κ3) is 3.74. The van der Waals surface area contributed by atoms with Gasteiger partial charge in [0.05, 0.1) is 5.69 Å². The normalized spacial score (nSPS) is 14.2. The molecule has 1 amide bonds. The highest BCUT2D eigenvalue weighted by molar-refractivity contribution is 9.10. The molecular weight excluding hydrogens is 425 g/mol. The van der Waals surface area contributed by atoms with Crippen LogP contribution in [0.4, 0.5) is 27.6 Å². The Bertz CT molecular complexity index is 839. The number of nitrogens with zero attached hydrogens (tertiary/aromatic N) is 2. The van der Waals surface area contributed by atoms with Crippen molar-refractivity contribution >= 4 is 27.5 Å². The van der Waals surface area contributed by atoms with Gasteiger partial charge < -0.3 is 5.32 Å². The first-order chi connectivity index (χ1) is 12.2. The van der Waals surface area contributed by atoms with E-state index in [1.165, 1.54) is 0 Å². The zero-order valence-corrected chi connectivity index (χ0v) is 14.8. The third-order valence-corrected chi connectivity index (χ3v) is 4.72. The molecule has 0 bridgehead atoms. The molecule has 1 heterocycles. The van der Waals surface area contributed by atoms with Crippen molar-refractivity contribution in [1.29, 1.82) is 0 Å². The second-order valence-corrected chi connectivity index (χ2v) is 6.78. The maximum Gasteiger partial charge on any atom is 0.435 e. The number of nitrogens with one attached hydrogen (secondary N) is 1. The fraction of sp³-hybridized carbons (Fsp3) is 0.375. The summed E-state index contributed by atoms with van der Waals surface area (Å²) >= 11 is 2.94. The van der Waals surface area contributed by atoms with Crippen molar-refractivity contribution in [3.8, 4) is 0 Å². The van der Waals surface area contributed by atoms with Gasteiger partial charge in [0.2, 0.25) is 5.91 Å². The van der Waals surface area contributed by atoms with Crippen molar-refractivity contribution in [3.63, 3.8) is 0 Å². The SMILES string of the molecule is O=C(Cn1nc(C(F)(F)F)c2c1CCCC2)Nc1c(F)cc(F)cc1Br. The maximum absolute atomic E-state index is 13.8. The highest BCUT2D eigenvalue weighted by Gasteiger charge is 2.39. The van der Waals surface area contributed by atoms with Crippen molar-refractivity contribution in [2.75, 3.05) is 5.32 Å². The lowest BCUT2D eigenvalue weighted by Crippen LogP contribution is -2.22. The van der Waals surface area contributed by atoms with E-state index in [9.17, 15) is 26.7 Å². The van der Waals surface area contributed by atoms with Crippen molar-refractivity contribution in [1.82, 2.24) is 9.78 Å². The number of anilines is 1. The second kappa shape index (κ2) is 6.98. The summed E-state index contributed by atoms with van der Waals surface area (Å²) in [6, 6.07) is 1.56. The topological polar surface area (TPSA) is 46.9 Å². The van der Waals surface area contributed by atoms with Gasteiger partial charge in [-0.3, -0.25) is 9.48 Å². The van der Waals surface area contributed by atoms with E-state index in [1.807, 2.05) is 0 Å². The molecule has 10 heteroatoms. The number of alkyl halides is 3. The first-order valence-corrected chi connectivity index (χ1v) is 8.56. The Morgan fingerprint density at radius 3 is 2.58 bits per heavy atom. The summed E-state index contributed by atoms with van der Waals surface area (Å²) in [7, 11) is 0. The number of amides is 1. The molecule has 1 aliphatic carbocycles. The first kappa shape index (κ1) is 18.8. The molecule has 1 aliphatic rings. The van der Waals surface area contributed by atoms with Gasteiger partial charge in [0, 0.05) is 21.8 Å². The van der Waals surface area contributed by atoms with Gasteiger partial charge in [0.1, 0.15) is 12.4 Å². The average Bonchev–Trinajstić information content (AvgIpc) is 2.90. The van der Waals surface area contributed by atoms with Crippen LogP contribution in [0.2, 0.25) is 0 Å². The highest BCUT2D eigenvalue weighted by atomic mass is 79.9. The lowest BCUT2D eigenvalue weighted by molar-refractivity contribution is -0.142. The molecule has 2 aromatic rings. The zero-order chi connectivity index (χ0) is 19.1. The quantitative estimate of drug-likeness (QED) is 0.720. The van der Waals surface area contributed by atoms with E-state index in [4.69, 9.17) is 0 Å². The maximum atomic E-state index is 13.8. The van der Waals surface area contributed by atoms with Crippen LogP contribution in [0.1, 0.15) is 29.8 Å². The highest BCUT2D eigenvalue weighted by Crippen LogP contribution is 2.36. The zero-order valence-electron chi connectivity index (χ0n) is 13.3. The van der Waals surface area contributed by atoms with Crippen molar-refractivity contribution in [2.45, 2.75) is 38.4 Å². The largest absolute Gasteiger partial charge is 0.435 e. The van der Waals surface area contributed by atoms with E-state index < -0.39 is 36.0 Å². The smallest absolute Gasteiger partial charge is 0.321 e. The molecule has 0 unspecified atom stereocenters. The Kier molecular flexibility index (Phi) is 5.05. The summed E-state index contributed by atoms with van der Waals surface area (Å²) in [5, 5.41) is 5.81. The number of halogens is 6. The lowest BCUT2D eigenvalue weighted by Gasteiger charge is -2.15. The summed E-state index contributed by atoms with van der Waals surface area (Å²) in [5.41, 5.74) is -0.773. The van der Waals surface area contributed by atoms with Crippen molar-refractivity contribution in [3.05, 3.63) is 45.2 Å². The van der Waals surface area contributed by atoms with Crippen LogP contribution in [0.3, 0.4) is 0 Å². The Morgan fingerprint density at radius 1 is 1.23 bits per heavy atom. The van der Waals surface area contributed by atoms with Crippen LogP contribution in [0.15, 0.2) is 16.6 Å². The summed E-state index contributed by atoms with van der Waals surface area (Å²) in [6.07, 6.45) is -2.63. The summed E-state index contributed by atoms with van der Waals surface area (Å²) in [6.45, 7) is -0.498. The second-order valence-electron chi connectivity index (χ2n) is 5.93. The predicted molar refractivity (Wildman–Crippen MR) is 86.6 cm³/mol. The van der Waals surface area contributed by atoms with E-state index in [0.29, 0.717) is 31.0 Å². The molecule has 0 radical (unpaired) electrons. The molecular formula is C16H13BrF5N3O. The molecule has 1 aromatic heterocycles. The first-order valence-electron chi connectivity index (χ1n) is 7.77. The Hall–Kier alpha value is -1.97. The van der Waals surface area contributed by atoms with E-state index in [0.717, 1.165) is 10.7 Å². The predicted octanol–water partition coefficient (Wildman–Crippen LogP) is 4.46. The van der Waals surface area contributed by atoms with E-state index in [-0.39, 0.29) is 22.1 Å². The number of carbonyl (C=O) groups excluding carboxylic acids is 1. The molecule has 0 fully saturated rings. The minimum Gasteiger partial charge on any atom is -0.321 e. The summed E-state index contributed by atoms with van der Waals surface area (Å²) < 4.78 is 67.3. The number of aromatic nitrogens is 2. The number of fused-ring (bicyclic) bond motifs is 1. The van der Waals surface area contributed by atoms with Gasteiger partial charge >= 0.3 is 6.18 Å². The fourth-order valence-electron chi connectivity index (χ4n) is 3.01. The van der Waals surface area contributed by atoms with Crippen LogP contribution in [0.25, 0.3) is 0 Å². The average molecular weight is 438 g/mol. The van der Waals surface area contributed by atoms with Gasteiger partial charge in [-0.1, -0.05) is 0 Å². The van der Waals surface area contributed by atoms with Gasteiger partial charge in [0.25, 0.3) is 0 Å². The Morgan fingerprint density at radius 2 is 1.92 bits per heavy atom. The van der Waals surface area contributed by atoms with Crippen molar-refractivity contribution < 1.29 is 26.7 Å². The van der Waals surface area contributed by atoms with Crippen molar-refractivity contribution in [2.24, 2.45) is 0 Å². The minimum absolute atomic E-state index is 0.0122. The summed E-state index contributed by atoms with van der Waals surface area (Å²) in [4.78, 5) is 12.2. The molecule has 0 saturated carbocycles. The molecule has 0 saturated heterocycles. The molecule has 0 atom stereocenters. The van der Waals surface area contributed by atoms with Crippen LogP contribution in [-0.4, -0.2) is 15.7 Å². The number of hydrogen-bond acceptors (Lipinski definition) is 2. The number of benzene rings is 1. The number of hydrogen-bond donors (Lipinski definition) is 1. The number of rotatable bonds is 3. The van der Waals surface area contributed by atoms with Gasteiger partial charge in [-0.15, -0.1) is 0 Å². The molecule has 4 nitrogen and oxygen atoms in total. The fourth-order valence-corrected chi connectivity index (χ4v) is 3.51. The molecule has 1 N–H and O–H groups in total. The van der Waals surface area contributed by atoms with E-state index in [1.54, 1.807) is 0 Å². The Labute approximate surface area is 153 Å². The Balaban J connectivity index is 1.85. The number of carbonyl (C=O) groups is 1. The van der Waals surface area contributed by atoms with E-state index in [2.05, 4.69) is 26.3 Å². The monoisotopic (exact) mass is 437 g/mol. The third-order valence-electron chi connectivity index (χ3n) is 4.09.